The molecule has 6 heteroatoms. The molecule has 0 spiro atoms. The molecule has 0 saturated heterocycles. The highest BCUT2D eigenvalue weighted by Crippen LogP contribution is 2.14. The van der Waals surface area contributed by atoms with E-state index in [0.717, 1.165) is 11.3 Å². The molecule has 0 radical (unpaired) electrons. The first-order valence-electron chi connectivity index (χ1n) is 6.59. The molecule has 0 saturated carbocycles. The molecule has 21 heavy (non-hydrogen) atoms. The minimum absolute atomic E-state index is 0.0734. The standard InChI is InChI=1S/C15H17N3O3/c1-10(2)21-12-5-3-11(4-6-12)7-17-14-9-16-13(8-18-14)15(19)20/h3-6,8-10H,7H2,1-2H3,(H,17,18)(H,19,20). The summed E-state index contributed by atoms with van der Waals surface area (Å²) >= 11 is 0. The predicted octanol–water partition coefficient (Wildman–Crippen LogP) is 2.57. The third kappa shape index (κ3) is 4.45. The Kier molecular flexibility index (Phi) is 4.71. The summed E-state index contributed by atoms with van der Waals surface area (Å²) in [4.78, 5) is 18.5. The van der Waals surface area contributed by atoms with Crippen LogP contribution >= 0.6 is 0 Å². The molecule has 1 aromatic heterocycles. The number of hydrogen-bond donors (Lipinski definition) is 2. The minimum atomic E-state index is -1.09. The quantitative estimate of drug-likeness (QED) is 0.849. The van der Waals surface area contributed by atoms with E-state index < -0.39 is 5.97 Å². The third-order valence-corrected chi connectivity index (χ3v) is 2.64. The van der Waals surface area contributed by atoms with Crippen LogP contribution in [0.25, 0.3) is 0 Å². The summed E-state index contributed by atoms with van der Waals surface area (Å²) in [7, 11) is 0. The van der Waals surface area contributed by atoms with Crippen molar-refractivity contribution in [2.45, 2.75) is 26.5 Å². The van der Waals surface area contributed by atoms with Crippen molar-refractivity contribution >= 4 is 11.8 Å². The van der Waals surface area contributed by atoms with Crippen molar-refractivity contribution in [1.29, 1.82) is 0 Å². The molecule has 0 aliphatic rings. The summed E-state index contributed by atoms with van der Waals surface area (Å²) in [6.07, 6.45) is 2.78. The molecule has 0 bridgehead atoms. The van der Waals surface area contributed by atoms with E-state index in [4.69, 9.17) is 9.84 Å². The number of rotatable bonds is 6. The van der Waals surface area contributed by atoms with Gasteiger partial charge in [0, 0.05) is 6.54 Å². The van der Waals surface area contributed by atoms with Gasteiger partial charge in [0.15, 0.2) is 5.69 Å². The van der Waals surface area contributed by atoms with Gasteiger partial charge in [-0.2, -0.15) is 0 Å². The van der Waals surface area contributed by atoms with Gasteiger partial charge >= 0.3 is 5.97 Å². The zero-order chi connectivity index (χ0) is 15.2. The van der Waals surface area contributed by atoms with Gasteiger partial charge in [-0.1, -0.05) is 12.1 Å². The summed E-state index contributed by atoms with van der Waals surface area (Å²) in [5.41, 5.74) is 0.992. The largest absolute Gasteiger partial charge is 0.491 e. The number of carbonyl (C=O) groups is 1. The van der Waals surface area contributed by atoms with E-state index in [2.05, 4.69) is 15.3 Å². The van der Waals surface area contributed by atoms with Crippen LogP contribution in [-0.2, 0) is 6.54 Å². The topological polar surface area (TPSA) is 84.3 Å². The molecule has 0 atom stereocenters. The number of nitrogens with zero attached hydrogens (tertiary/aromatic N) is 2. The fraction of sp³-hybridized carbons (Fsp3) is 0.267. The van der Waals surface area contributed by atoms with Crippen LogP contribution in [0, 0.1) is 0 Å². The molecule has 0 unspecified atom stereocenters. The number of nitrogens with one attached hydrogen (secondary N) is 1. The number of benzene rings is 1. The summed E-state index contributed by atoms with van der Waals surface area (Å²) < 4.78 is 5.57. The Balaban J connectivity index is 1.91. The smallest absolute Gasteiger partial charge is 0.356 e. The van der Waals surface area contributed by atoms with Crippen molar-refractivity contribution in [3.05, 3.63) is 47.9 Å². The van der Waals surface area contributed by atoms with Crippen LogP contribution in [0.2, 0.25) is 0 Å². The van der Waals surface area contributed by atoms with E-state index in [1.165, 1.54) is 12.4 Å². The Labute approximate surface area is 122 Å². The molecule has 0 fully saturated rings. The number of carboxylic acids is 1. The summed E-state index contributed by atoms with van der Waals surface area (Å²) in [5.74, 6) is 0.275. The Morgan fingerprint density at radius 2 is 1.95 bits per heavy atom. The second kappa shape index (κ2) is 6.69. The SMILES string of the molecule is CC(C)Oc1ccc(CNc2cnc(C(=O)O)cn2)cc1. The molecule has 1 aromatic carbocycles. The molecule has 2 rings (SSSR count). The van der Waals surface area contributed by atoms with Crippen LogP contribution in [0.3, 0.4) is 0 Å². The summed E-state index contributed by atoms with van der Waals surface area (Å²) in [5, 5.41) is 11.8. The molecular formula is C15H17N3O3. The van der Waals surface area contributed by atoms with Crippen LogP contribution in [0.1, 0.15) is 29.9 Å². The number of anilines is 1. The van der Waals surface area contributed by atoms with E-state index in [1.807, 2.05) is 38.1 Å². The average Bonchev–Trinajstić information content (AvgIpc) is 2.46. The van der Waals surface area contributed by atoms with Gasteiger partial charge in [-0.3, -0.25) is 0 Å². The van der Waals surface area contributed by atoms with Crippen LogP contribution in [0.4, 0.5) is 5.82 Å². The monoisotopic (exact) mass is 287 g/mol. The highest BCUT2D eigenvalue weighted by atomic mass is 16.5. The lowest BCUT2D eigenvalue weighted by molar-refractivity contribution is 0.0690. The van der Waals surface area contributed by atoms with Gasteiger partial charge in [0.05, 0.1) is 18.5 Å². The highest BCUT2D eigenvalue weighted by Gasteiger charge is 2.04. The molecule has 110 valence electrons. The van der Waals surface area contributed by atoms with Crippen LogP contribution in [-0.4, -0.2) is 27.1 Å². The van der Waals surface area contributed by atoms with E-state index in [1.54, 1.807) is 0 Å². The number of aromatic carboxylic acids is 1. The molecular weight excluding hydrogens is 270 g/mol. The zero-order valence-electron chi connectivity index (χ0n) is 11.9. The van der Waals surface area contributed by atoms with Crippen molar-refractivity contribution in [2.24, 2.45) is 0 Å². The zero-order valence-corrected chi connectivity index (χ0v) is 11.9. The normalized spacial score (nSPS) is 10.4. The van der Waals surface area contributed by atoms with Crippen LogP contribution < -0.4 is 10.1 Å². The Morgan fingerprint density at radius 3 is 2.48 bits per heavy atom. The number of hydrogen-bond acceptors (Lipinski definition) is 5. The van der Waals surface area contributed by atoms with Gasteiger partial charge in [0.2, 0.25) is 0 Å². The lowest BCUT2D eigenvalue weighted by atomic mass is 10.2. The molecule has 2 N–H and O–H groups in total. The number of ether oxygens (including phenoxy) is 1. The van der Waals surface area contributed by atoms with Gasteiger partial charge in [0.25, 0.3) is 0 Å². The van der Waals surface area contributed by atoms with Crippen molar-refractivity contribution in [2.75, 3.05) is 5.32 Å². The van der Waals surface area contributed by atoms with Crippen LogP contribution in [0.15, 0.2) is 36.7 Å². The Morgan fingerprint density at radius 1 is 1.24 bits per heavy atom. The molecule has 0 amide bonds. The second-order valence-corrected chi connectivity index (χ2v) is 4.76. The average molecular weight is 287 g/mol. The molecule has 6 nitrogen and oxygen atoms in total. The van der Waals surface area contributed by atoms with Gasteiger partial charge < -0.3 is 15.2 Å². The molecule has 0 aliphatic heterocycles. The second-order valence-electron chi connectivity index (χ2n) is 4.76. The third-order valence-electron chi connectivity index (χ3n) is 2.64. The van der Waals surface area contributed by atoms with E-state index in [0.29, 0.717) is 12.4 Å². The fourth-order valence-electron chi connectivity index (χ4n) is 1.68. The Bertz CT molecular complexity index is 595. The first kappa shape index (κ1) is 14.8. The summed E-state index contributed by atoms with van der Waals surface area (Å²) in [6, 6.07) is 7.75. The van der Waals surface area contributed by atoms with Crippen LogP contribution in [0.5, 0.6) is 5.75 Å². The van der Waals surface area contributed by atoms with Gasteiger partial charge in [-0.15, -0.1) is 0 Å². The molecule has 1 heterocycles. The maximum absolute atomic E-state index is 10.7. The molecule has 2 aromatic rings. The maximum Gasteiger partial charge on any atom is 0.356 e. The van der Waals surface area contributed by atoms with Crippen molar-refractivity contribution in [3.63, 3.8) is 0 Å². The van der Waals surface area contributed by atoms with Gasteiger partial charge in [-0.05, 0) is 31.5 Å². The minimum Gasteiger partial charge on any atom is -0.491 e. The van der Waals surface area contributed by atoms with Gasteiger partial charge in [0.1, 0.15) is 11.6 Å². The number of carboxylic acid groups (broad SMARTS) is 1. The van der Waals surface area contributed by atoms with Crippen molar-refractivity contribution < 1.29 is 14.6 Å². The van der Waals surface area contributed by atoms with E-state index >= 15 is 0 Å². The Hall–Kier alpha value is -2.63. The molecule has 0 aliphatic carbocycles. The van der Waals surface area contributed by atoms with Gasteiger partial charge in [-0.25, -0.2) is 14.8 Å². The fourth-order valence-corrected chi connectivity index (χ4v) is 1.68. The first-order valence-corrected chi connectivity index (χ1v) is 6.59. The lowest BCUT2D eigenvalue weighted by Crippen LogP contribution is -2.06. The maximum atomic E-state index is 10.7. The van der Waals surface area contributed by atoms with E-state index in [9.17, 15) is 4.79 Å². The van der Waals surface area contributed by atoms with E-state index in [-0.39, 0.29) is 11.8 Å². The first-order chi connectivity index (χ1) is 10.0. The summed E-state index contributed by atoms with van der Waals surface area (Å²) in [6.45, 7) is 4.53. The van der Waals surface area contributed by atoms with Crippen molar-refractivity contribution in [1.82, 2.24) is 9.97 Å². The van der Waals surface area contributed by atoms with Crippen molar-refractivity contribution in [3.8, 4) is 5.75 Å². The highest BCUT2D eigenvalue weighted by molar-refractivity contribution is 5.84. The number of aromatic nitrogens is 2. The predicted molar refractivity (Wildman–Crippen MR) is 78.5 cm³/mol. The lowest BCUT2D eigenvalue weighted by Gasteiger charge is -2.10.